The Hall–Kier alpha value is -3.15. The number of hydrogen-bond acceptors (Lipinski definition) is 5. The van der Waals surface area contributed by atoms with Crippen molar-refractivity contribution in [3.05, 3.63) is 65.0 Å². The number of aromatic nitrogens is 2. The van der Waals surface area contributed by atoms with Crippen LogP contribution < -0.4 is 4.74 Å². The summed E-state index contributed by atoms with van der Waals surface area (Å²) in [5, 5.41) is 8.20. The zero-order valence-electron chi connectivity index (χ0n) is 18.5. The lowest BCUT2D eigenvalue weighted by molar-refractivity contribution is -0.132. The molecule has 0 N–H and O–H groups in total. The molecule has 0 bridgehead atoms. The summed E-state index contributed by atoms with van der Waals surface area (Å²) in [5.41, 5.74) is 4.34. The summed E-state index contributed by atoms with van der Waals surface area (Å²) >= 11 is 0. The van der Waals surface area contributed by atoms with E-state index < -0.39 is 0 Å². The van der Waals surface area contributed by atoms with Gasteiger partial charge in [0.05, 0.1) is 6.54 Å². The zero-order valence-corrected chi connectivity index (χ0v) is 18.5. The number of likely N-dealkylation sites (N-methyl/N-ethyl adjacent to an activating group) is 1. The molecule has 2 aromatic carbocycles. The average molecular weight is 408 g/mol. The van der Waals surface area contributed by atoms with Crippen molar-refractivity contribution in [2.45, 2.75) is 46.6 Å². The summed E-state index contributed by atoms with van der Waals surface area (Å²) in [6.45, 7) is 10.7. The predicted octanol–water partition coefficient (Wildman–Crippen LogP) is 4.69. The Morgan fingerprint density at radius 1 is 1.07 bits per heavy atom. The van der Waals surface area contributed by atoms with Crippen molar-refractivity contribution in [2.24, 2.45) is 0 Å². The molecule has 6 nitrogen and oxygen atoms in total. The van der Waals surface area contributed by atoms with E-state index in [0.29, 0.717) is 11.8 Å². The van der Waals surface area contributed by atoms with Gasteiger partial charge in [0, 0.05) is 12.6 Å². The average Bonchev–Trinajstić information content (AvgIpc) is 3.16. The van der Waals surface area contributed by atoms with Gasteiger partial charge in [0.25, 0.3) is 5.91 Å². The standard InChI is InChI=1S/C24H29N3O3/c1-16-8-7-9-20(17(16)2)29-15-22(28)27(6)14-21-25-26-23(30-21)18-10-12-19(13-11-18)24(3,4)5/h7-13H,14-15H2,1-6H3. The number of amides is 1. The maximum atomic E-state index is 12.4. The van der Waals surface area contributed by atoms with Crippen LogP contribution >= 0.6 is 0 Å². The Labute approximate surface area is 177 Å². The fourth-order valence-electron chi connectivity index (χ4n) is 2.97. The Morgan fingerprint density at radius 2 is 1.77 bits per heavy atom. The van der Waals surface area contributed by atoms with E-state index in [1.807, 2.05) is 44.2 Å². The smallest absolute Gasteiger partial charge is 0.260 e. The van der Waals surface area contributed by atoms with Crippen LogP contribution in [0.4, 0.5) is 0 Å². The topological polar surface area (TPSA) is 68.5 Å². The maximum absolute atomic E-state index is 12.4. The van der Waals surface area contributed by atoms with Gasteiger partial charge in [-0.15, -0.1) is 10.2 Å². The van der Waals surface area contributed by atoms with Gasteiger partial charge in [-0.25, -0.2) is 0 Å². The lowest BCUT2D eigenvalue weighted by Gasteiger charge is -2.18. The second-order valence-corrected chi connectivity index (χ2v) is 8.56. The third-order valence-corrected chi connectivity index (χ3v) is 5.17. The first-order valence-electron chi connectivity index (χ1n) is 10.0. The highest BCUT2D eigenvalue weighted by atomic mass is 16.5. The second kappa shape index (κ2) is 8.69. The molecule has 1 heterocycles. The molecule has 0 saturated carbocycles. The normalized spacial score (nSPS) is 11.4. The number of ether oxygens (including phenoxy) is 1. The largest absolute Gasteiger partial charge is 0.483 e. The molecular formula is C24H29N3O3. The summed E-state index contributed by atoms with van der Waals surface area (Å²) in [5.74, 6) is 1.38. The summed E-state index contributed by atoms with van der Waals surface area (Å²) in [4.78, 5) is 14.0. The number of carbonyl (C=O) groups excluding carboxylic acids is 1. The fourth-order valence-corrected chi connectivity index (χ4v) is 2.97. The Kier molecular flexibility index (Phi) is 6.25. The van der Waals surface area contributed by atoms with Crippen molar-refractivity contribution in [2.75, 3.05) is 13.7 Å². The van der Waals surface area contributed by atoms with E-state index in [9.17, 15) is 4.79 Å². The summed E-state index contributed by atoms with van der Waals surface area (Å²) in [7, 11) is 1.69. The molecule has 0 aliphatic carbocycles. The van der Waals surface area contributed by atoms with Crippen LogP contribution in [0.25, 0.3) is 11.5 Å². The highest BCUT2D eigenvalue weighted by molar-refractivity contribution is 5.77. The van der Waals surface area contributed by atoms with E-state index in [0.717, 1.165) is 22.4 Å². The number of benzene rings is 2. The molecule has 6 heteroatoms. The van der Waals surface area contributed by atoms with Crippen molar-refractivity contribution in [1.29, 1.82) is 0 Å². The summed E-state index contributed by atoms with van der Waals surface area (Å²) in [6, 6.07) is 13.9. The van der Waals surface area contributed by atoms with Crippen molar-refractivity contribution in [1.82, 2.24) is 15.1 Å². The summed E-state index contributed by atoms with van der Waals surface area (Å²) in [6.07, 6.45) is 0. The van der Waals surface area contributed by atoms with Crippen molar-refractivity contribution in [3.8, 4) is 17.2 Å². The van der Waals surface area contributed by atoms with E-state index >= 15 is 0 Å². The molecule has 0 aliphatic heterocycles. The molecule has 1 aromatic heterocycles. The van der Waals surface area contributed by atoms with Crippen molar-refractivity contribution < 1.29 is 13.9 Å². The molecule has 0 unspecified atom stereocenters. The second-order valence-electron chi connectivity index (χ2n) is 8.56. The van der Waals surface area contributed by atoms with Crippen molar-refractivity contribution >= 4 is 5.91 Å². The Morgan fingerprint density at radius 3 is 2.43 bits per heavy atom. The number of nitrogens with zero attached hydrogens (tertiary/aromatic N) is 3. The van der Waals surface area contributed by atoms with Crippen LogP contribution in [0.1, 0.15) is 43.4 Å². The Bertz CT molecular complexity index is 1020. The van der Waals surface area contributed by atoms with E-state index in [1.165, 1.54) is 10.5 Å². The van der Waals surface area contributed by atoms with Crippen LogP contribution in [-0.4, -0.2) is 34.7 Å². The molecule has 0 fully saturated rings. The van der Waals surface area contributed by atoms with Crippen LogP contribution in [0.2, 0.25) is 0 Å². The van der Waals surface area contributed by atoms with Crippen molar-refractivity contribution in [3.63, 3.8) is 0 Å². The third-order valence-electron chi connectivity index (χ3n) is 5.17. The molecule has 30 heavy (non-hydrogen) atoms. The maximum Gasteiger partial charge on any atom is 0.260 e. The molecular weight excluding hydrogens is 378 g/mol. The lowest BCUT2D eigenvalue weighted by Crippen LogP contribution is -2.31. The fraction of sp³-hybridized carbons (Fsp3) is 0.375. The van der Waals surface area contributed by atoms with Gasteiger partial charge < -0.3 is 14.1 Å². The number of hydrogen-bond donors (Lipinski definition) is 0. The molecule has 0 spiro atoms. The molecule has 0 aliphatic rings. The zero-order chi connectivity index (χ0) is 21.9. The predicted molar refractivity (Wildman–Crippen MR) is 116 cm³/mol. The lowest BCUT2D eigenvalue weighted by atomic mass is 9.87. The first kappa shape index (κ1) is 21.6. The Balaban J connectivity index is 1.59. The minimum Gasteiger partial charge on any atom is -0.483 e. The van der Waals surface area contributed by atoms with E-state index in [-0.39, 0.29) is 24.5 Å². The molecule has 3 aromatic rings. The quantitative estimate of drug-likeness (QED) is 0.593. The third kappa shape index (κ3) is 5.06. The van der Waals surface area contributed by atoms with Crippen LogP contribution in [0.5, 0.6) is 5.75 Å². The monoisotopic (exact) mass is 407 g/mol. The highest BCUT2D eigenvalue weighted by Crippen LogP contribution is 2.26. The minimum atomic E-state index is -0.162. The van der Waals surface area contributed by atoms with Crippen LogP contribution in [0.15, 0.2) is 46.9 Å². The van der Waals surface area contributed by atoms with Gasteiger partial charge >= 0.3 is 0 Å². The summed E-state index contributed by atoms with van der Waals surface area (Å²) < 4.78 is 11.5. The van der Waals surface area contributed by atoms with Gasteiger partial charge in [0.15, 0.2) is 6.61 Å². The van der Waals surface area contributed by atoms with Gasteiger partial charge in [0.2, 0.25) is 11.8 Å². The molecule has 0 atom stereocenters. The van der Waals surface area contributed by atoms with Crippen LogP contribution in [0.3, 0.4) is 0 Å². The molecule has 0 radical (unpaired) electrons. The molecule has 158 valence electrons. The molecule has 0 saturated heterocycles. The van der Waals surface area contributed by atoms with Gasteiger partial charge in [-0.1, -0.05) is 45.0 Å². The van der Waals surface area contributed by atoms with Crippen LogP contribution in [0, 0.1) is 13.8 Å². The van der Waals surface area contributed by atoms with Gasteiger partial charge in [-0.3, -0.25) is 4.79 Å². The molecule has 3 rings (SSSR count). The first-order chi connectivity index (χ1) is 14.1. The van der Waals surface area contributed by atoms with Gasteiger partial charge in [0.1, 0.15) is 5.75 Å². The number of aryl methyl sites for hydroxylation is 1. The SMILES string of the molecule is Cc1cccc(OCC(=O)N(C)Cc2nnc(-c3ccc(C(C)(C)C)cc3)o2)c1C. The number of carbonyl (C=O) groups is 1. The van der Waals surface area contributed by atoms with E-state index in [4.69, 9.17) is 9.15 Å². The van der Waals surface area contributed by atoms with Crippen LogP contribution in [-0.2, 0) is 16.8 Å². The molecule has 1 amide bonds. The van der Waals surface area contributed by atoms with E-state index in [2.05, 4.69) is 43.1 Å². The van der Waals surface area contributed by atoms with Gasteiger partial charge in [-0.2, -0.15) is 0 Å². The highest BCUT2D eigenvalue weighted by Gasteiger charge is 2.17. The van der Waals surface area contributed by atoms with E-state index in [1.54, 1.807) is 7.05 Å². The minimum absolute atomic E-state index is 0.0456. The first-order valence-corrected chi connectivity index (χ1v) is 10.0. The van der Waals surface area contributed by atoms with Gasteiger partial charge in [-0.05, 0) is 54.2 Å². The number of rotatable bonds is 6.